The van der Waals surface area contributed by atoms with E-state index < -0.39 is 0 Å². The monoisotopic (exact) mass is 344 g/mol. The van der Waals surface area contributed by atoms with E-state index >= 15 is 0 Å². The summed E-state index contributed by atoms with van der Waals surface area (Å²) >= 11 is 0. The van der Waals surface area contributed by atoms with Crippen LogP contribution < -0.4 is 10.6 Å². The van der Waals surface area contributed by atoms with E-state index in [2.05, 4.69) is 20.8 Å². The molecular formula is C18H24N4O3. The van der Waals surface area contributed by atoms with Gasteiger partial charge in [0.15, 0.2) is 0 Å². The number of urea groups is 1. The van der Waals surface area contributed by atoms with Gasteiger partial charge in [-0.2, -0.15) is 5.10 Å². The summed E-state index contributed by atoms with van der Waals surface area (Å²) in [5.74, 6) is -0.263. The molecular weight excluding hydrogens is 320 g/mol. The Kier molecular flexibility index (Phi) is 6.16. The highest BCUT2D eigenvalue weighted by atomic mass is 16.5. The minimum Gasteiger partial charge on any atom is -0.466 e. The molecule has 3 N–H and O–H groups in total. The summed E-state index contributed by atoms with van der Waals surface area (Å²) in [7, 11) is 0. The summed E-state index contributed by atoms with van der Waals surface area (Å²) in [6.45, 7) is 7.88. The van der Waals surface area contributed by atoms with Crippen molar-refractivity contribution in [2.24, 2.45) is 0 Å². The number of aryl methyl sites for hydroxylation is 2. The van der Waals surface area contributed by atoms with Crippen molar-refractivity contribution in [1.29, 1.82) is 0 Å². The van der Waals surface area contributed by atoms with Crippen molar-refractivity contribution in [2.75, 3.05) is 11.9 Å². The van der Waals surface area contributed by atoms with Crippen LogP contribution in [0.2, 0.25) is 0 Å². The van der Waals surface area contributed by atoms with Crippen LogP contribution in [0.3, 0.4) is 0 Å². The number of ether oxygens (including phenoxy) is 1. The molecule has 0 bridgehead atoms. The zero-order chi connectivity index (χ0) is 18.4. The Morgan fingerprint density at radius 2 is 1.92 bits per heavy atom. The Morgan fingerprint density at radius 3 is 2.48 bits per heavy atom. The molecule has 2 amide bonds. The Labute approximate surface area is 147 Å². The number of H-pyrrole nitrogens is 1. The maximum absolute atomic E-state index is 12.2. The van der Waals surface area contributed by atoms with Gasteiger partial charge < -0.3 is 15.4 Å². The number of esters is 1. The second-order valence-electron chi connectivity index (χ2n) is 5.85. The normalized spacial score (nSPS) is 11.7. The molecule has 0 radical (unpaired) electrons. The van der Waals surface area contributed by atoms with Crippen LogP contribution >= 0.6 is 0 Å². The fraction of sp³-hybridized carbons (Fsp3) is 0.389. The zero-order valence-electron chi connectivity index (χ0n) is 15.0. The third kappa shape index (κ3) is 5.07. The van der Waals surface area contributed by atoms with Crippen LogP contribution in [0.15, 0.2) is 24.3 Å². The number of anilines is 1. The molecule has 25 heavy (non-hydrogen) atoms. The number of nitrogens with zero attached hydrogens (tertiary/aromatic N) is 1. The topological polar surface area (TPSA) is 96.1 Å². The van der Waals surface area contributed by atoms with Gasteiger partial charge in [-0.05, 0) is 45.4 Å². The summed E-state index contributed by atoms with van der Waals surface area (Å²) < 4.78 is 4.91. The van der Waals surface area contributed by atoms with Crippen LogP contribution in [-0.2, 0) is 16.0 Å². The number of benzene rings is 1. The van der Waals surface area contributed by atoms with Gasteiger partial charge in [0.05, 0.1) is 24.8 Å². The number of rotatable bonds is 6. The Morgan fingerprint density at radius 1 is 1.24 bits per heavy atom. The number of hydrogen-bond donors (Lipinski definition) is 3. The quantitative estimate of drug-likeness (QED) is 0.702. The summed E-state index contributed by atoms with van der Waals surface area (Å²) in [6, 6.07) is 6.63. The summed E-state index contributed by atoms with van der Waals surface area (Å²) in [6.07, 6.45) is 0.219. The van der Waals surface area contributed by atoms with Crippen molar-refractivity contribution in [2.45, 2.75) is 40.2 Å². The van der Waals surface area contributed by atoms with E-state index in [4.69, 9.17) is 4.74 Å². The maximum Gasteiger partial charge on any atom is 0.319 e. The van der Waals surface area contributed by atoms with Gasteiger partial charge in [-0.1, -0.05) is 12.1 Å². The molecule has 0 aliphatic carbocycles. The molecule has 0 aliphatic rings. The van der Waals surface area contributed by atoms with Crippen LogP contribution in [0.25, 0.3) is 0 Å². The van der Waals surface area contributed by atoms with Gasteiger partial charge in [0.1, 0.15) is 0 Å². The van der Waals surface area contributed by atoms with E-state index in [-0.39, 0.29) is 24.5 Å². The Hall–Kier alpha value is -2.83. The number of carbonyl (C=O) groups is 2. The van der Waals surface area contributed by atoms with Gasteiger partial charge in [-0.25, -0.2) is 4.79 Å². The Bertz CT molecular complexity index is 718. The van der Waals surface area contributed by atoms with Gasteiger partial charge in [0.2, 0.25) is 0 Å². The van der Waals surface area contributed by atoms with Gasteiger partial charge in [-0.15, -0.1) is 0 Å². The highest BCUT2D eigenvalue weighted by Crippen LogP contribution is 2.19. The minimum atomic E-state index is -0.300. The molecule has 0 saturated carbocycles. The second kappa shape index (κ2) is 8.32. The van der Waals surface area contributed by atoms with Crippen LogP contribution in [-0.4, -0.2) is 28.8 Å². The molecule has 7 nitrogen and oxygen atoms in total. The molecule has 0 saturated heterocycles. The van der Waals surface area contributed by atoms with E-state index in [9.17, 15) is 9.59 Å². The number of hydrogen-bond acceptors (Lipinski definition) is 4. The lowest BCUT2D eigenvalue weighted by Gasteiger charge is -2.15. The molecule has 2 aromatic rings. The first-order valence-electron chi connectivity index (χ1n) is 8.24. The molecule has 0 aliphatic heterocycles. The SMILES string of the molecule is CCOC(=O)Cc1ccc(NC(=O)N[C@H](C)c2c(C)n[nH]c2C)cc1. The lowest BCUT2D eigenvalue weighted by atomic mass is 10.1. The van der Waals surface area contributed by atoms with Crippen molar-refractivity contribution in [3.63, 3.8) is 0 Å². The molecule has 0 fully saturated rings. The average Bonchev–Trinajstić information content (AvgIpc) is 2.88. The smallest absolute Gasteiger partial charge is 0.319 e. The maximum atomic E-state index is 12.2. The van der Waals surface area contributed by atoms with Crippen LogP contribution in [0.1, 0.15) is 42.4 Å². The summed E-state index contributed by atoms with van der Waals surface area (Å²) in [5.41, 5.74) is 4.28. The number of carbonyl (C=O) groups excluding carboxylic acids is 2. The highest BCUT2D eigenvalue weighted by molar-refractivity contribution is 5.89. The van der Waals surface area contributed by atoms with Gasteiger partial charge in [-0.3, -0.25) is 9.89 Å². The molecule has 1 aromatic heterocycles. The van der Waals surface area contributed by atoms with Gasteiger partial charge in [0, 0.05) is 16.9 Å². The standard InChI is InChI=1S/C18H24N4O3/c1-5-25-16(23)10-14-6-8-15(9-7-14)20-18(24)19-11(2)17-12(3)21-22-13(17)4/h6-9,11H,5,10H2,1-4H3,(H,21,22)(H2,19,20,24)/t11-/m1/s1. The number of aromatic amines is 1. The number of aromatic nitrogens is 2. The minimum absolute atomic E-state index is 0.165. The lowest BCUT2D eigenvalue weighted by molar-refractivity contribution is -0.142. The first kappa shape index (κ1) is 18.5. The Balaban J connectivity index is 1.91. The van der Waals surface area contributed by atoms with Crippen molar-refractivity contribution in [3.05, 3.63) is 46.8 Å². The fourth-order valence-electron chi connectivity index (χ4n) is 2.72. The van der Waals surface area contributed by atoms with E-state index in [1.807, 2.05) is 20.8 Å². The molecule has 0 spiro atoms. The number of amides is 2. The van der Waals surface area contributed by atoms with Gasteiger partial charge >= 0.3 is 12.0 Å². The van der Waals surface area contributed by atoms with E-state index in [1.54, 1.807) is 31.2 Å². The van der Waals surface area contributed by atoms with Gasteiger partial charge in [0.25, 0.3) is 0 Å². The average molecular weight is 344 g/mol. The summed E-state index contributed by atoms with van der Waals surface area (Å²) in [4.78, 5) is 23.6. The molecule has 1 aromatic carbocycles. The van der Waals surface area contributed by atoms with E-state index in [0.717, 1.165) is 22.5 Å². The lowest BCUT2D eigenvalue weighted by Crippen LogP contribution is -2.31. The van der Waals surface area contributed by atoms with Crippen LogP contribution in [0.5, 0.6) is 0 Å². The highest BCUT2D eigenvalue weighted by Gasteiger charge is 2.16. The largest absolute Gasteiger partial charge is 0.466 e. The van der Waals surface area contributed by atoms with Crippen LogP contribution in [0, 0.1) is 13.8 Å². The van der Waals surface area contributed by atoms with Crippen molar-refractivity contribution >= 4 is 17.7 Å². The second-order valence-corrected chi connectivity index (χ2v) is 5.85. The third-order valence-corrected chi connectivity index (χ3v) is 3.83. The fourth-order valence-corrected chi connectivity index (χ4v) is 2.72. The van der Waals surface area contributed by atoms with E-state index in [0.29, 0.717) is 12.3 Å². The molecule has 1 heterocycles. The number of nitrogens with one attached hydrogen (secondary N) is 3. The summed E-state index contributed by atoms with van der Waals surface area (Å²) in [5, 5.41) is 12.7. The predicted molar refractivity (Wildman–Crippen MR) is 95.4 cm³/mol. The molecule has 134 valence electrons. The first-order chi connectivity index (χ1) is 11.9. The van der Waals surface area contributed by atoms with E-state index in [1.165, 1.54) is 0 Å². The van der Waals surface area contributed by atoms with Crippen LogP contribution in [0.4, 0.5) is 10.5 Å². The molecule has 1 atom stereocenters. The van der Waals surface area contributed by atoms with Crippen molar-refractivity contribution in [1.82, 2.24) is 15.5 Å². The predicted octanol–water partition coefficient (Wildman–Crippen LogP) is 3.01. The molecule has 0 unspecified atom stereocenters. The van der Waals surface area contributed by atoms with Crippen molar-refractivity contribution in [3.8, 4) is 0 Å². The molecule has 2 rings (SSSR count). The zero-order valence-corrected chi connectivity index (χ0v) is 15.0. The first-order valence-corrected chi connectivity index (χ1v) is 8.24. The third-order valence-electron chi connectivity index (χ3n) is 3.83. The van der Waals surface area contributed by atoms with Crippen molar-refractivity contribution < 1.29 is 14.3 Å². The molecule has 7 heteroatoms.